The number of aliphatic hydroxyl groups is 1. The highest BCUT2D eigenvalue weighted by molar-refractivity contribution is 4.84. The minimum atomic E-state index is -0.289. The van der Waals surface area contributed by atoms with E-state index >= 15 is 0 Å². The number of hydrogen-bond donors (Lipinski definition) is 1. The van der Waals surface area contributed by atoms with Gasteiger partial charge >= 0.3 is 0 Å². The first kappa shape index (κ1) is 14.0. The van der Waals surface area contributed by atoms with Crippen LogP contribution in [0.5, 0.6) is 0 Å². The summed E-state index contributed by atoms with van der Waals surface area (Å²) in [5.41, 5.74) is 0.322. The van der Waals surface area contributed by atoms with Gasteiger partial charge in [-0.3, -0.25) is 0 Å². The van der Waals surface area contributed by atoms with Crippen molar-refractivity contribution >= 4 is 0 Å². The monoisotopic (exact) mass is 228 g/mol. The van der Waals surface area contributed by atoms with Gasteiger partial charge in [0.1, 0.15) is 0 Å². The van der Waals surface area contributed by atoms with Crippen LogP contribution in [-0.4, -0.2) is 23.9 Å². The Morgan fingerprint density at radius 1 is 1.25 bits per heavy atom. The molecule has 1 N–H and O–H groups in total. The van der Waals surface area contributed by atoms with E-state index < -0.39 is 0 Å². The molecule has 0 saturated heterocycles. The summed E-state index contributed by atoms with van der Waals surface area (Å²) in [6.45, 7) is 9.41. The van der Waals surface area contributed by atoms with E-state index in [0.717, 1.165) is 6.42 Å². The number of hydrogen-bond acceptors (Lipinski definition) is 2. The van der Waals surface area contributed by atoms with Crippen molar-refractivity contribution in [3.8, 4) is 0 Å². The van der Waals surface area contributed by atoms with Gasteiger partial charge in [0.25, 0.3) is 0 Å². The smallest absolute Gasteiger partial charge is 0.0771 e. The fraction of sp³-hybridized carbons (Fsp3) is 1.00. The van der Waals surface area contributed by atoms with Crippen LogP contribution >= 0.6 is 0 Å². The average molecular weight is 228 g/mol. The third kappa shape index (κ3) is 4.06. The van der Waals surface area contributed by atoms with Crippen LogP contribution in [0.4, 0.5) is 0 Å². The standard InChI is InChI=1S/C14H28O2/c1-5-11(15)10-16-13-9-7-6-8-12(13)14(2,3)4/h11-13,15H,5-10H2,1-4H3/t11-,12-,13?/m1/s1. The highest BCUT2D eigenvalue weighted by Crippen LogP contribution is 2.39. The van der Waals surface area contributed by atoms with Crippen LogP contribution in [0.1, 0.15) is 59.8 Å². The molecule has 0 amide bonds. The third-order valence-corrected chi connectivity index (χ3v) is 3.79. The minimum Gasteiger partial charge on any atom is -0.391 e. The number of aliphatic hydroxyl groups excluding tert-OH is 1. The Balaban J connectivity index is 2.47. The average Bonchev–Trinajstić information content (AvgIpc) is 2.25. The summed E-state index contributed by atoms with van der Waals surface area (Å²) < 4.78 is 5.92. The molecule has 1 unspecified atom stereocenters. The molecule has 0 spiro atoms. The van der Waals surface area contributed by atoms with E-state index in [-0.39, 0.29) is 6.10 Å². The maximum Gasteiger partial charge on any atom is 0.0771 e. The first-order valence-corrected chi connectivity index (χ1v) is 6.74. The summed E-state index contributed by atoms with van der Waals surface area (Å²) in [4.78, 5) is 0. The molecule has 2 nitrogen and oxygen atoms in total. The highest BCUT2D eigenvalue weighted by atomic mass is 16.5. The Bertz CT molecular complexity index is 195. The van der Waals surface area contributed by atoms with Crippen LogP contribution in [0.25, 0.3) is 0 Å². The third-order valence-electron chi connectivity index (χ3n) is 3.79. The maximum atomic E-state index is 9.55. The van der Waals surface area contributed by atoms with Crippen LogP contribution in [0.15, 0.2) is 0 Å². The predicted molar refractivity (Wildman–Crippen MR) is 67.5 cm³/mol. The molecule has 0 aliphatic heterocycles. The largest absolute Gasteiger partial charge is 0.391 e. The molecule has 1 aliphatic rings. The van der Waals surface area contributed by atoms with E-state index in [4.69, 9.17) is 4.74 Å². The van der Waals surface area contributed by atoms with Crippen LogP contribution in [0, 0.1) is 11.3 Å². The molecule has 1 aliphatic carbocycles. The van der Waals surface area contributed by atoms with Crippen molar-refractivity contribution < 1.29 is 9.84 Å². The first-order chi connectivity index (χ1) is 7.45. The molecule has 96 valence electrons. The van der Waals surface area contributed by atoms with Gasteiger partial charge in [0.2, 0.25) is 0 Å². The second-order valence-corrected chi connectivity index (χ2v) is 6.19. The van der Waals surface area contributed by atoms with Crippen molar-refractivity contribution in [1.82, 2.24) is 0 Å². The van der Waals surface area contributed by atoms with Crippen LogP contribution in [0.2, 0.25) is 0 Å². The Morgan fingerprint density at radius 2 is 1.88 bits per heavy atom. The molecular formula is C14H28O2. The quantitative estimate of drug-likeness (QED) is 0.799. The predicted octanol–water partition coefficient (Wildman–Crippen LogP) is 3.38. The molecule has 0 aromatic carbocycles. The Morgan fingerprint density at radius 3 is 2.44 bits per heavy atom. The van der Waals surface area contributed by atoms with Gasteiger partial charge in [-0.15, -0.1) is 0 Å². The lowest BCUT2D eigenvalue weighted by atomic mass is 9.70. The summed E-state index contributed by atoms with van der Waals surface area (Å²) >= 11 is 0. The molecule has 0 aromatic rings. The fourth-order valence-electron chi connectivity index (χ4n) is 2.64. The summed E-state index contributed by atoms with van der Waals surface area (Å²) in [5.74, 6) is 0.644. The van der Waals surface area contributed by atoms with Crippen LogP contribution in [-0.2, 0) is 4.74 Å². The van der Waals surface area contributed by atoms with Crippen molar-refractivity contribution in [3.05, 3.63) is 0 Å². The summed E-state index contributed by atoms with van der Waals surface area (Å²) in [6, 6.07) is 0. The highest BCUT2D eigenvalue weighted by Gasteiger charge is 2.34. The Kier molecular flexibility index (Phi) is 5.26. The van der Waals surface area contributed by atoms with Gasteiger partial charge in [-0.1, -0.05) is 40.5 Å². The lowest BCUT2D eigenvalue weighted by Gasteiger charge is -2.40. The van der Waals surface area contributed by atoms with Crippen molar-refractivity contribution in [2.45, 2.75) is 72.0 Å². The summed E-state index contributed by atoms with van der Waals surface area (Å²) in [7, 11) is 0. The van der Waals surface area contributed by atoms with E-state index in [1.165, 1.54) is 25.7 Å². The second kappa shape index (κ2) is 6.02. The SMILES string of the molecule is CC[C@@H](O)COC1CCCC[C@H]1C(C)(C)C. The van der Waals surface area contributed by atoms with Crippen LogP contribution < -0.4 is 0 Å². The molecule has 1 fully saturated rings. The molecule has 0 aromatic heterocycles. The summed E-state index contributed by atoms with van der Waals surface area (Å²) in [6.07, 6.45) is 5.90. The zero-order chi connectivity index (χ0) is 12.2. The molecule has 1 saturated carbocycles. The van der Waals surface area contributed by atoms with Gasteiger partial charge in [0.15, 0.2) is 0 Å². The zero-order valence-corrected chi connectivity index (χ0v) is 11.3. The molecule has 0 radical (unpaired) electrons. The maximum absolute atomic E-state index is 9.55. The van der Waals surface area contributed by atoms with Gasteiger partial charge in [0.05, 0.1) is 18.8 Å². The van der Waals surface area contributed by atoms with Crippen molar-refractivity contribution in [2.24, 2.45) is 11.3 Å². The normalized spacial score (nSPS) is 29.1. The van der Waals surface area contributed by atoms with Gasteiger partial charge < -0.3 is 9.84 Å². The van der Waals surface area contributed by atoms with E-state index in [1.807, 2.05) is 6.92 Å². The van der Waals surface area contributed by atoms with Crippen molar-refractivity contribution in [3.63, 3.8) is 0 Å². The van der Waals surface area contributed by atoms with E-state index in [2.05, 4.69) is 20.8 Å². The summed E-state index contributed by atoms with van der Waals surface area (Å²) in [5, 5.41) is 9.55. The van der Waals surface area contributed by atoms with Gasteiger partial charge in [-0.05, 0) is 30.6 Å². The fourth-order valence-corrected chi connectivity index (χ4v) is 2.64. The topological polar surface area (TPSA) is 29.5 Å². The van der Waals surface area contributed by atoms with E-state index in [1.54, 1.807) is 0 Å². The number of ether oxygens (including phenoxy) is 1. The van der Waals surface area contributed by atoms with Crippen molar-refractivity contribution in [2.75, 3.05) is 6.61 Å². The van der Waals surface area contributed by atoms with E-state index in [9.17, 15) is 5.11 Å². The second-order valence-electron chi connectivity index (χ2n) is 6.19. The molecule has 16 heavy (non-hydrogen) atoms. The van der Waals surface area contributed by atoms with Gasteiger partial charge in [0, 0.05) is 0 Å². The first-order valence-electron chi connectivity index (χ1n) is 6.74. The Hall–Kier alpha value is -0.0800. The minimum absolute atomic E-state index is 0.289. The van der Waals surface area contributed by atoms with Gasteiger partial charge in [-0.25, -0.2) is 0 Å². The molecule has 3 atom stereocenters. The van der Waals surface area contributed by atoms with E-state index in [0.29, 0.717) is 24.0 Å². The molecule has 0 heterocycles. The lowest BCUT2D eigenvalue weighted by molar-refractivity contribution is -0.0756. The van der Waals surface area contributed by atoms with Crippen molar-refractivity contribution in [1.29, 1.82) is 0 Å². The Labute approximate surface area is 100 Å². The molecular weight excluding hydrogens is 200 g/mol. The zero-order valence-electron chi connectivity index (χ0n) is 11.3. The lowest BCUT2D eigenvalue weighted by Crippen LogP contribution is -2.38. The van der Waals surface area contributed by atoms with Crippen LogP contribution in [0.3, 0.4) is 0 Å². The molecule has 2 heteroatoms. The number of rotatable bonds is 4. The van der Waals surface area contributed by atoms with Gasteiger partial charge in [-0.2, -0.15) is 0 Å². The molecule has 0 bridgehead atoms. The molecule has 1 rings (SSSR count).